The molecule has 0 aliphatic carbocycles. The van der Waals surface area contributed by atoms with Crippen molar-refractivity contribution in [2.45, 2.75) is 12.8 Å². The van der Waals surface area contributed by atoms with Gasteiger partial charge in [0, 0.05) is 44.8 Å². The summed E-state index contributed by atoms with van der Waals surface area (Å²) in [7, 11) is 2.14. The van der Waals surface area contributed by atoms with Crippen molar-refractivity contribution in [2.24, 2.45) is 5.92 Å². The summed E-state index contributed by atoms with van der Waals surface area (Å²) in [5.41, 5.74) is 1.27. The summed E-state index contributed by atoms with van der Waals surface area (Å²) in [6.45, 7) is 5.82. The van der Waals surface area contributed by atoms with Crippen molar-refractivity contribution in [1.82, 2.24) is 9.80 Å². The van der Waals surface area contributed by atoms with Crippen molar-refractivity contribution in [3.8, 4) is 0 Å². The molecular weight excluding hydrogens is 262 g/mol. The van der Waals surface area contributed by atoms with Gasteiger partial charge in [0.2, 0.25) is 5.91 Å². The predicted octanol–water partition coefficient (Wildman–Crippen LogP) is 1.68. The Morgan fingerprint density at radius 1 is 1.10 bits per heavy atom. The van der Waals surface area contributed by atoms with E-state index >= 15 is 0 Å². The summed E-state index contributed by atoms with van der Waals surface area (Å²) >= 11 is 0. The second-order valence-corrected chi connectivity index (χ2v) is 6.32. The van der Waals surface area contributed by atoms with Crippen LogP contribution in [0.3, 0.4) is 0 Å². The van der Waals surface area contributed by atoms with E-state index in [0.717, 1.165) is 45.7 Å². The zero-order valence-corrected chi connectivity index (χ0v) is 12.9. The van der Waals surface area contributed by atoms with Gasteiger partial charge in [-0.15, -0.1) is 0 Å². The van der Waals surface area contributed by atoms with E-state index in [-0.39, 0.29) is 0 Å². The Balaban J connectivity index is 1.48. The van der Waals surface area contributed by atoms with Gasteiger partial charge in [-0.3, -0.25) is 4.79 Å². The number of para-hydroxylation sites is 1. The molecule has 2 aliphatic rings. The molecule has 2 heterocycles. The number of likely N-dealkylation sites (tertiary alicyclic amines) is 1. The lowest BCUT2D eigenvalue weighted by molar-refractivity contribution is -0.132. The van der Waals surface area contributed by atoms with E-state index in [9.17, 15) is 4.79 Å². The van der Waals surface area contributed by atoms with Gasteiger partial charge < -0.3 is 14.7 Å². The molecule has 2 aliphatic heterocycles. The van der Waals surface area contributed by atoms with E-state index in [0.29, 0.717) is 11.8 Å². The molecule has 0 aromatic heterocycles. The van der Waals surface area contributed by atoms with Gasteiger partial charge in [-0.25, -0.2) is 0 Å². The van der Waals surface area contributed by atoms with Crippen molar-refractivity contribution in [2.75, 3.05) is 51.2 Å². The second-order valence-electron chi connectivity index (χ2n) is 6.32. The molecule has 4 heteroatoms. The average molecular weight is 287 g/mol. The summed E-state index contributed by atoms with van der Waals surface area (Å²) in [4.78, 5) is 19.1. The van der Waals surface area contributed by atoms with Crippen LogP contribution >= 0.6 is 0 Å². The minimum Gasteiger partial charge on any atom is -0.368 e. The van der Waals surface area contributed by atoms with Crippen molar-refractivity contribution < 1.29 is 4.79 Å². The number of carbonyl (C=O) groups is 1. The Morgan fingerprint density at radius 3 is 2.43 bits per heavy atom. The number of amides is 1. The minimum atomic E-state index is 0.350. The summed E-state index contributed by atoms with van der Waals surface area (Å²) in [5, 5.41) is 0. The standard InChI is InChI=1S/C17H25N3O/c1-18-8-7-15(14-18)13-17(21)20-11-9-19(10-12-20)16-5-3-2-4-6-16/h2-6,15H,7-14H2,1H3. The summed E-state index contributed by atoms with van der Waals surface area (Å²) in [6.07, 6.45) is 1.90. The van der Waals surface area contributed by atoms with E-state index in [4.69, 9.17) is 0 Å². The van der Waals surface area contributed by atoms with Crippen LogP contribution in [0.1, 0.15) is 12.8 Å². The van der Waals surface area contributed by atoms with Gasteiger partial charge in [0.05, 0.1) is 0 Å². The summed E-state index contributed by atoms with van der Waals surface area (Å²) in [6, 6.07) is 10.5. The molecule has 1 atom stereocenters. The average Bonchev–Trinajstić information content (AvgIpc) is 2.93. The molecule has 114 valence electrons. The number of piperazine rings is 1. The maximum Gasteiger partial charge on any atom is 0.223 e. The van der Waals surface area contributed by atoms with E-state index in [2.05, 4.69) is 46.0 Å². The second kappa shape index (κ2) is 6.48. The summed E-state index contributed by atoms with van der Waals surface area (Å²) < 4.78 is 0. The first-order valence-electron chi connectivity index (χ1n) is 7.98. The first-order chi connectivity index (χ1) is 10.2. The molecule has 3 rings (SSSR count). The van der Waals surface area contributed by atoms with Gasteiger partial charge in [0.15, 0.2) is 0 Å². The number of hydrogen-bond donors (Lipinski definition) is 0. The largest absolute Gasteiger partial charge is 0.368 e. The SMILES string of the molecule is CN1CCC(CC(=O)N2CCN(c3ccccc3)CC2)C1. The molecule has 1 unspecified atom stereocenters. The normalized spacial score (nSPS) is 23.6. The molecule has 0 spiro atoms. The highest BCUT2D eigenvalue weighted by molar-refractivity contribution is 5.76. The minimum absolute atomic E-state index is 0.350. The smallest absolute Gasteiger partial charge is 0.223 e. The van der Waals surface area contributed by atoms with Crippen LogP contribution < -0.4 is 4.90 Å². The van der Waals surface area contributed by atoms with Crippen LogP contribution in [0.2, 0.25) is 0 Å². The third-order valence-corrected chi connectivity index (χ3v) is 4.71. The van der Waals surface area contributed by atoms with Crippen molar-refractivity contribution >= 4 is 11.6 Å². The zero-order chi connectivity index (χ0) is 14.7. The first kappa shape index (κ1) is 14.4. The molecule has 4 nitrogen and oxygen atoms in total. The molecule has 2 saturated heterocycles. The van der Waals surface area contributed by atoms with E-state index < -0.39 is 0 Å². The molecule has 21 heavy (non-hydrogen) atoms. The number of benzene rings is 1. The lowest BCUT2D eigenvalue weighted by Crippen LogP contribution is -2.49. The van der Waals surface area contributed by atoms with Crippen LogP contribution in [0, 0.1) is 5.92 Å². The fraction of sp³-hybridized carbons (Fsp3) is 0.588. The first-order valence-corrected chi connectivity index (χ1v) is 7.98. The van der Waals surface area contributed by atoms with Gasteiger partial charge >= 0.3 is 0 Å². The molecule has 0 N–H and O–H groups in total. The molecule has 1 aromatic carbocycles. The van der Waals surface area contributed by atoms with Gasteiger partial charge in [0.25, 0.3) is 0 Å². The van der Waals surface area contributed by atoms with Gasteiger partial charge in [-0.05, 0) is 38.1 Å². The van der Waals surface area contributed by atoms with Crippen molar-refractivity contribution in [3.63, 3.8) is 0 Å². The summed E-state index contributed by atoms with van der Waals surface area (Å²) in [5.74, 6) is 0.915. The van der Waals surface area contributed by atoms with Gasteiger partial charge in [-0.2, -0.15) is 0 Å². The molecule has 0 saturated carbocycles. The maximum atomic E-state index is 12.4. The van der Waals surface area contributed by atoms with Crippen molar-refractivity contribution in [1.29, 1.82) is 0 Å². The van der Waals surface area contributed by atoms with Crippen LogP contribution in [0.5, 0.6) is 0 Å². The van der Waals surface area contributed by atoms with Crippen LogP contribution in [-0.4, -0.2) is 62.0 Å². The van der Waals surface area contributed by atoms with Gasteiger partial charge in [-0.1, -0.05) is 18.2 Å². The molecule has 0 radical (unpaired) electrons. The highest BCUT2D eigenvalue weighted by Gasteiger charge is 2.26. The van der Waals surface area contributed by atoms with Crippen LogP contribution in [-0.2, 0) is 4.79 Å². The Hall–Kier alpha value is -1.55. The molecule has 1 amide bonds. The van der Waals surface area contributed by atoms with Crippen LogP contribution in [0.4, 0.5) is 5.69 Å². The van der Waals surface area contributed by atoms with Crippen LogP contribution in [0.25, 0.3) is 0 Å². The zero-order valence-electron chi connectivity index (χ0n) is 12.9. The third kappa shape index (κ3) is 3.56. The molecular formula is C17H25N3O. The fourth-order valence-corrected chi connectivity index (χ4v) is 3.42. The number of hydrogen-bond acceptors (Lipinski definition) is 3. The maximum absolute atomic E-state index is 12.4. The molecule has 0 bridgehead atoms. The molecule has 2 fully saturated rings. The lowest BCUT2D eigenvalue weighted by atomic mass is 10.0. The predicted molar refractivity (Wildman–Crippen MR) is 85.5 cm³/mol. The van der Waals surface area contributed by atoms with Crippen LogP contribution in [0.15, 0.2) is 30.3 Å². The Bertz CT molecular complexity index is 468. The number of rotatable bonds is 3. The number of nitrogens with zero attached hydrogens (tertiary/aromatic N) is 3. The third-order valence-electron chi connectivity index (χ3n) is 4.71. The molecule has 1 aromatic rings. The van der Waals surface area contributed by atoms with E-state index in [1.165, 1.54) is 12.1 Å². The topological polar surface area (TPSA) is 26.8 Å². The van der Waals surface area contributed by atoms with E-state index in [1.54, 1.807) is 0 Å². The monoisotopic (exact) mass is 287 g/mol. The quantitative estimate of drug-likeness (QED) is 0.846. The highest BCUT2D eigenvalue weighted by Crippen LogP contribution is 2.20. The lowest BCUT2D eigenvalue weighted by Gasteiger charge is -2.36. The fourth-order valence-electron chi connectivity index (χ4n) is 3.42. The highest BCUT2D eigenvalue weighted by atomic mass is 16.2. The Kier molecular flexibility index (Phi) is 4.44. The van der Waals surface area contributed by atoms with E-state index in [1.807, 2.05) is 6.07 Å². The van der Waals surface area contributed by atoms with Gasteiger partial charge in [0.1, 0.15) is 0 Å². The Labute approximate surface area is 127 Å². The van der Waals surface area contributed by atoms with Crippen molar-refractivity contribution in [3.05, 3.63) is 30.3 Å². The Morgan fingerprint density at radius 2 is 1.81 bits per heavy atom. The number of carbonyl (C=O) groups excluding carboxylic acids is 1. The number of anilines is 1.